The number of hydrogen-bond acceptors (Lipinski definition) is 5. The number of aliphatic carboxylic acids is 1. The molecule has 1 fully saturated rings. The normalized spacial score (nSPS) is 16.4. The van der Waals surface area contributed by atoms with Gasteiger partial charge in [0, 0.05) is 5.56 Å². The van der Waals surface area contributed by atoms with Crippen molar-refractivity contribution in [3.8, 4) is 22.5 Å². The van der Waals surface area contributed by atoms with E-state index in [1.54, 1.807) is 13.8 Å². The highest BCUT2D eigenvalue weighted by molar-refractivity contribution is 6.00. The van der Waals surface area contributed by atoms with Crippen molar-refractivity contribution in [1.29, 1.82) is 0 Å². The molecule has 1 aliphatic carbocycles. The summed E-state index contributed by atoms with van der Waals surface area (Å²) in [5, 5.41) is 13.3. The number of hydrogen-bond donors (Lipinski definition) is 1. The van der Waals surface area contributed by atoms with Crippen LogP contribution in [0.5, 0.6) is 0 Å². The topological polar surface area (TPSA) is 92.9 Å². The number of carboxylic acid groups (broad SMARTS) is 1. The third-order valence-corrected chi connectivity index (χ3v) is 6.45. The number of benzene rings is 3. The molecule has 7 heteroatoms. The predicted molar refractivity (Wildman–Crippen MR) is 136 cm³/mol. The molecule has 4 aromatic rings. The Hall–Kier alpha value is -4.39. The van der Waals surface area contributed by atoms with Gasteiger partial charge in [-0.25, -0.2) is 9.69 Å². The zero-order valence-electron chi connectivity index (χ0n) is 20.0. The standard InChI is InChI=1S/C29H26N2O5/c1-3-35-29(34)31(23-7-5-4-6-8-23)26-18(2)30-36-27(26)22-15-11-20(12-16-22)19-9-13-21(14-10-19)24-17-25(24)28(32)33/h4-16,24-25H,3,17H2,1-2H3,(H,32,33). The molecule has 1 aliphatic rings. The zero-order valence-corrected chi connectivity index (χ0v) is 20.0. The van der Waals surface area contributed by atoms with E-state index in [1.165, 1.54) is 4.90 Å². The van der Waals surface area contributed by atoms with E-state index < -0.39 is 12.1 Å². The third-order valence-electron chi connectivity index (χ3n) is 6.45. The first-order valence-corrected chi connectivity index (χ1v) is 11.9. The van der Waals surface area contributed by atoms with Crippen molar-refractivity contribution >= 4 is 23.4 Å². The number of carbonyl (C=O) groups is 2. The minimum atomic E-state index is -0.726. The van der Waals surface area contributed by atoms with Gasteiger partial charge >= 0.3 is 12.1 Å². The number of para-hydroxylation sites is 1. The molecule has 0 radical (unpaired) electrons. The zero-order chi connectivity index (χ0) is 25.2. The van der Waals surface area contributed by atoms with Crippen LogP contribution in [-0.4, -0.2) is 28.9 Å². The molecule has 1 aromatic heterocycles. The number of aryl methyl sites for hydroxylation is 1. The molecule has 0 bridgehead atoms. The molecule has 1 N–H and O–H groups in total. The number of carbonyl (C=O) groups excluding carboxylic acids is 1. The lowest BCUT2D eigenvalue weighted by Crippen LogP contribution is -2.27. The average molecular weight is 483 g/mol. The van der Waals surface area contributed by atoms with Crippen LogP contribution in [0.4, 0.5) is 16.2 Å². The molecule has 2 unspecified atom stereocenters. The van der Waals surface area contributed by atoms with Crippen LogP contribution in [0.1, 0.15) is 30.5 Å². The summed E-state index contributed by atoms with van der Waals surface area (Å²) >= 11 is 0. The number of anilines is 2. The average Bonchev–Trinajstić information content (AvgIpc) is 3.63. The van der Waals surface area contributed by atoms with Gasteiger partial charge in [-0.2, -0.15) is 0 Å². The summed E-state index contributed by atoms with van der Waals surface area (Å²) in [5.74, 6) is -0.408. The third kappa shape index (κ3) is 4.47. The van der Waals surface area contributed by atoms with E-state index >= 15 is 0 Å². The Morgan fingerprint density at radius 3 is 2.17 bits per heavy atom. The molecule has 182 valence electrons. The molecular formula is C29H26N2O5. The largest absolute Gasteiger partial charge is 0.481 e. The second kappa shape index (κ2) is 9.70. The molecule has 1 heterocycles. The molecule has 0 saturated heterocycles. The van der Waals surface area contributed by atoms with Crippen molar-refractivity contribution < 1.29 is 24.0 Å². The number of nitrogens with zero attached hydrogens (tertiary/aromatic N) is 2. The maximum Gasteiger partial charge on any atom is 0.419 e. The number of amides is 1. The van der Waals surface area contributed by atoms with E-state index in [0.29, 0.717) is 29.2 Å². The summed E-state index contributed by atoms with van der Waals surface area (Å²) in [5.41, 5.74) is 5.64. The second-order valence-corrected chi connectivity index (χ2v) is 8.80. The molecule has 0 spiro atoms. The molecule has 5 rings (SSSR count). The van der Waals surface area contributed by atoms with E-state index in [0.717, 1.165) is 22.3 Å². The minimum Gasteiger partial charge on any atom is -0.481 e. The fraction of sp³-hybridized carbons (Fsp3) is 0.207. The first-order valence-electron chi connectivity index (χ1n) is 11.9. The van der Waals surface area contributed by atoms with Crippen LogP contribution in [0.2, 0.25) is 0 Å². The van der Waals surface area contributed by atoms with Gasteiger partial charge in [-0.15, -0.1) is 0 Å². The summed E-state index contributed by atoms with van der Waals surface area (Å²) in [4.78, 5) is 25.6. The summed E-state index contributed by atoms with van der Waals surface area (Å²) in [6.45, 7) is 3.80. The number of aromatic nitrogens is 1. The Kier molecular flexibility index (Phi) is 6.29. The van der Waals surface area contributed by atoms with Crippen LogP contribution < -0.4 is 4.90 Å². The van der Waals surface area contributed by atoms with Crippen LogP contribution >= 0.6 is 0 Å². The van der Waals surface area contributed by atoms with E-state index in [9.17, 15) is 14.7 Å². The van der Waals surface area contributed by atoms with Gasteiger partial charge in [-0.1, -0.05) is 71.9 Å². The van der Waals surface area contributed by atoms with Gasteiger partial charge in [-0.3, -0.25) is 4.79 Å². The number of ether oxygens (including phenoxy) is 1. The van der Waals surface area contributed by atoms with E-state index in [1.807, 2.05) is 78.9 Å². The SMILES string of the molecule is CCOC(=O)N(c1ccccc1)c1c(C)noc1-c1ccc(-c2ccc(C3CC3C(=O)O)cc2)cc1. The predicted octanol–water partition coefficient (Wildman–Crippen LogP) is 6.80. The van der Waals surface area contributed by atoms with E-state index in [2.05, 4.69) is 5.16 Å². The van der Waals surface area contributed by atoms with Gasteiger partial charge in [0.2, 0.25) is 0 Å². The monoisotopic (exact) mass is 482 g/mol. The van der Waals surface area contributed by atoms with Crippen LogP contribution in [0.15, 0.2) is 83.4 Å². The van der Waals surface area contributed by atoms with Crippen molar-refractivity contribution in [3.63, 3.8) is 0 Å². The lowest BCUT2D eigenvalue weighted by atomic mass is 10.00. The van der Waals surface area contributed by atoms with E-state index in [-0.39, 0.29) is 18.4 Å². The van der Waals surface area contributed by atoms with Gasteiger partial charge in [0.25, 0.3) is 0 Å². The summed E-state index contributed by atoms with van der Waals surface area (Å²) in [6, 6.07) is 25.1. The summed E-state index contributed by atoms with van der Waals surface area (Å²) in [6.07, 6.45) is 0.197. The van der Waals surface area contributed by atoms with Crippen molar-refractivity contribution in [3.05, 3.63) is 90.1 Å². The molecule has 0 aliphatic heterocycles. The number of carboxylic acids is 1. The summed E-state index contributed by atoms with van der Waals surface area (Å²) < 4.78 is 11.0. The minimum absolute atomic E-state index is 0.110. The Bertz CT molecular complexity index is 1380. The molecule has 3 aromatic carbocycles. The first kappa shape index (κ1) is 23.4. The van der Waals surface area contributed by atoms with Crippen molar-refractivity contribution in [2.45, 2.75) is 26.2 Å². The number of rotatable bonds is 7. The van der Waals surface area contributed by atoms with Crippen LogP contribution in [0, 0.1) is 12.8 Å². The Labute approximate surface area is 208 Å². The Morgan fingerprint density at radius 1 is 0.972 bits per heavy atom. The van der Waals surface area contributed by atoms with Crippen molar-refractivity contribution in [1.82, 2.24) is 5.16 Å². The van der Waals surface area contributed by atoms with Gasteiger partial charge in [0.05, 0.1) is 18.2 Å². The molecule has 1 amide bonds. The van der Waals surface area contributed by atoms with Crippen LogP contribution in [-0.2, 0) is 9.53 Å². The van der Waals surface area contributed by atoms with Gasteiger partial charge in [0.1, 0.15) is 11.4 Å². The maximum absolute atomic E-state index is 13.0. The Balaban J connectivity index is 1.44. The highest BCUT2D eigenvalue weighted by Gasteiger charge is 2.44. The molecule has 36 heavy (non-hydrogen) atoms. The van der Waals surface area contributed by atoms with Gasteiger partial charge < -0.3 is 14.4 Å². The van der Waals surface area contributed by atoms with Crippen LogP contribution in [0.25, 0.3) is 22.5 Å². The lowest BCUT2D eigenvalue weighted by Gasteiger charge is -2.22. The fourth-order valence-electron chi connectivity index (χ4n) is 4.48. The lowest BCUT2D eigenvalue weighted by molar-refractivity contribution is -0.138. The van der Waals surface area contributed by atoms with Crippen molar-refractivity contribution in [2.75, 3.05) is 11.5 Å². The molecular weight excluding hydrogens is 456 g/mol. The Morgan fingerprint density at radius 2 is 1.58 bits per heavy atom. The fourth-order valence-corrected chi connectivity index (χ4v) is 4.48. The van der Waals surface area contributed by atoms with Crippen molar-refractivity contribution in [2.24, 2.45) is 5.92 Å². The molecule has 1 saturated carbocycles. The van der Waals surface area contributed by atoms with Crippen LogP contribution in [0.3, 0.4) is 0 Å². The quantitative estimate of drug-likeness (QED) is 0.311. The first-order chi connectivity index (χ1) is 17.5. The maximum atomic E-state index is 13.0. The second-order valence-electron chi connectivity index (χ2n) is 8.80. The smallest absolute Gasteiger partial charge is 0.419 e. The molecule has 7 nitrogen and oxygen atoms in total. The van der Waals surface area contributed by atoms with Gasteiger partial charge in [-0.05, 0) is 55.0 Å². The van der Waals surface area contributed by atoms with Gasteiger partial charge in [0.15, 0.2) is 5.76 Å². The summed E-state index contributed by atoms with van der Waals surface area (Å²) in [7, 11) is 0. The molecule has 2 atom stereocenters. The highest BCUT2D eigenvalue weighted by atomic mass is 16.6. The highest BCUT2D eigenvalue weighted by Crippen LogP contribution is 2.47. The van der Waals surface area contributed by atoms with E-state index in [4.69, 9.17) is 9.26 Å².